The Morgan fingerprint density at radius 3 is 2.57 bits per heavy atom. The molecule has 1 saturated heterocycles. The van der Waals surface area contributed by atoms with Crippen LogP contribution in [-0.4, -0.2) is 58.0 Å². The molecule has 1 aliphatic rings. The van der Waals surface area contributed by atoms with Crippen LogP contribution in [0.1, 0.15) is 15.9 Å². The van der Waals surface area contributed by atoms with Crippen molar-refractivity contribution in [2.45, 2.75) is 12.6 Å². The molecule has 1 fully saturated rings. The molecular formula is C22H24N4O2. The van der Waals surface area contributed by atoms with Crippen molar-refractivity contribution in [2.75, 3.05) is 26.2 Å². The van der Waals surface area contributed by atoms with Crippen molar-refractivity contribution in [3.05, 3.63) is 78.0 Å². The van der Waals surface area contributed by atoms with Gasteiger partial charge in [0.25, 0.3) is 5.91 Å². The van der Waals surface area contributed by atoms with Gasteiger partial charge in [-0.15, -0.1) is 0 Å². The first-order chi connectivity index (χ1) is 13.7. The molecule has 0 saturated carbocycles. The van der Waals surface area contributed by atoms with Crippen molar-refractivity contribution in [1.29, 1.82) is 0 Å². The third-order valence-electron chi connectivity index (χ3n) is 4.88. The van der Waals surface area contributed by atoms with Gasteiger partial charge in [-0.2, -0.15) is 5.10 Å². The summed E-state index contributed by atoms with van der Waals surface area (Å²) in [7, 11) is 0. The molecule has 1 amide bonds. The number of rotatable bonds is 4. The summed E-state index contributed by atoms with van der Waals surface area (Å²) in [6, 6.07) is 19.8. The number of hydrogen-bond acceptors (Lipinski definition) is 4. The molecule has 0 spiro atoms. The number of nitrogens with one attached hydrogen (secondary N) is 1. The molecule has 144 valence electrons. The van der Waals surface area contributed by atoms with Gasteiger partial charge < -0.3 is 15.3 Å². The molecule has 6 nitrogen and oxygen atoms in total. The van der Waals surface area contributed by atoms with E-state index in [1.54, 1.807) is 4.90 Å². The topological polar surface area (TPSA) is 70.4 Å². The second-order valence-corrected chi connectivity index (χ2v) is 7.05. The molecule has 28 heavy (non-hydrogen) atoms. The number of hydrogen-bond donors (Lipinski definition) is 2. The number of benzene rings is 2. The van der Waals surface area contributed by atoms with E-state index in [2.05, 4.69) is 5.32 Å². The highest BCUT2D eigenvalue weighted by Crippen LogP contribution is 2.24. The molecule has 0 aliphatic carbocycles. The average molecular weight is 376 g/mol. The number of aliphatic hydroxyl groups is 1. The molecular weight excluding hydrogens is 352 g/mol. The zero-order valence-corrected chi connectivity index (χ0v) is 15.7. The van der Waals surface area contributed by atoms with Crippen molar-refractivity contribution in [1.82, 2.24) is 20.0 Å². The zero-order valence-electron chi connectivity index (χ0n) is 15.7. The van der Waals surface area contributed by atoms with Crippen LogP contribution < -0.4 is 5.32 Å². The summed E-state index contributed by atoms with van der Waals surface area (Å²) in [6.07, 6.45) is 1.26. The highest BCUT2D eigenvalue weighted by atomic mass is 16.3. The number of amides is 1. The van der Waals surface area contributed by atoms with E-state index in [1.807, 2.05) is 71.5 Å². The summed E-state index contributed by atoms with van der Waals surface area (Å²) in [4.78, 5) is 15.0. The maximum absolute atomic E-state index is 13.3. The van der Waals surface area contributed by atoms with Crippen LogP contribution in [0.25, 0.3) is 11.3 Å². The molecule has 2 aromatic carbocycles. The lowest BCUT2D eigenvalue weighted by molar-refractivity contribution is 0.0673. The lowest BCUT2D eigenvalue weighted by Gasteiger charge is -2.21. The normalized spacial score (nSPS) is 17.3. The van der Waals surface area contributed by atoms with Crippen LogP contribution in [0.5, 0.6) is 0 Å². The van der Waals surface area contributed by atoms with Crippen LogP contribution in [-0.2, 0) is 6.54 Å². The molecule has 1 unspecified atom stereocenters. The van der Waals surface area contributed by atoms with Gasteiger partial charge in [0.2, 0.25) is 0 Å². The smallest absolute Gasteiger partial charge is 0.257 e. The summed E-state index contributed by atoms with van der Waals surface area (Å²) in [6.45, 7) is 2.65. The summed E-state index contributed by atoms with van der Waals surface area (Å²) in [5.41, 5.74) is 3.27. The zero-order chi connectivity index (χ0) is 19.3. The Kier molecular flexibility index (Phi) is 5.50. The van der Waals surface area contributed by atoms with Crippen molar-refractivity contribution >= 4 is 5.91 Å². The Labute approximate surface area is 164 Å². The molecule has 2 N–H and O–H groups in total. The average Bonchev–Trinajstić information content (AvgIpc) is 3.02. The largest absolute Gasteiger partial charge is 0.390 e. The second kappa shape index (κ2) is 8.37. The van der Waals surface area contributed by atoms with E-state index in [0.717, 1.165) is 11.1 Å². The number of β-amino-alcohol motifs (C(OH)–C–C–N with tert-alkyl or cyclic N) is 1. The van der Waals surface area contributed by atoms with E-state index in [-0.39, 0.29) is 5.91 Å². The minimum absolute atomic E-state index is 0.0964. The van der Waals surface area contributed by atoms with Gasteiger partial charge in [-0.25, -0.2) is 0 Å². The van der Waals surface area contributed by atoms with Crippen molar-refractivity contribution in [3.63, 3.8) is 0 Å². The van der Waals surface area contributed by atoms with Gasteiger partial charge in [0.05, 0.1) is 18.2 Å². The van der Waals surface area contributed by atoms with Crippen molar-refractivity contribution in [3.8, 4) is 11.3 Å². The maximum Gasteiger partial charge on any atom is 0.257 e. The van der Waals surface area contributed by atoms with E-state index in [4.69, 9.17) is 5.10 Å². The van der Waals surface area contributed by atoms with Gasteiger partial charge in [0, 0.05) is 37.9 Å². The SMILES string of the molecule is O=C(c1cn(Cc2ccccc2)nc1-c1ccccc1)N1CCNCC(O)C1. The van der Waals surface area contributed by atoms with Gasteiger partial charge in [0.1, 0.15) is 5.69 Å². The first-order valence-corrected chi connectivity index (χ1v) is 9.55. The number of aromatic nitrogens is 2. The van der Waals surface area contributed by atoms with Crippen LogP contribution in [0.3, 0.4) is 0 Å². The molecule has 6 heteroatoms. The number of aliphatic hydroxyl groups excluding tert-OH is 1. The fraction of sp³-hybridized carbons (Fsp3) is 0.273. The van der Waals surface area contributed by atoms with Crippen LogP contribution >= 0.6 is 0 Å². The Morgan fingerprint density at radius 2 is 1.82 bits per heavy atom. The monoisotopic (exact) mass is 376 g/mol. The minimum Gasteiger partial charge on any atom is -0.390 e. The Morgan fingerprint density at radius 1 is 1.11 bits per heavy atom. The predicted octanol–water partition coefficient (Wildman–Crippen LogP) is 2.00. The molecule has 3 aromatic rings. The lowest BCUT2D eigenvalue weighted by atomic mass is 10.1. The van der Waals surface area contributed by atoms with E-state index < -0.39 is 6.10 Å². The van der Waals surface area contributed by atoms with E-state index in [0.29, 0.717) is 44.0 Å². The first kappa shape index (κ1) is 18.4. The minimum atomic E-state index is -0.564. The highest BCUT2D eigenvalue weighted by molar-refractivity contribution is 5.99. The summed E-state index contributed by atoms with van der Waals surface area (Å²) >= 11 is 0. The van der Waals surface area contributed by atoms with Crippen molar-refractivity contribution in [2.24, 2.45) is 0 Å². The Balaban J connectivity index is 1.68. The molecule has 2 heterocycles. The molecule has 1 atom stereocenters. The van der Waals surface area contributed by atoms with Gasteiger partial charge in [-0.1, -0.05) is 60.7 Å². The van der Waals surface area contributed by atoms with Gasteiger partial charge in [-0.05, 0) is 5.56 Å². The van der Waals surface area contributed by atoms with Gasteiger partial charge >= 0.3 is 0 Å². The predicted molar refractivity (Wildman–Crippen MR) is 108 cm³/mol. The van der Waals surface area contributed by atoms with E-state index in [9.17, 15) is 9.90 Å². The standard InChI is InChI=1S/C22H24N4O2/c27-19-13-23-11-12-25(15-19)22(28)20-16-26(14-17-7-3-1-4-8-17)24-21(20)18-9-5-2-6-10-18/h1-10,16,19,23,27H,11-15H2. The second-order valence-electron chi connectivity index (χ2n) is 7.05. The van der Waals surface area contributed by atoms with Crippen LogP contribution in [0.4, 0.5) is 0 Å². The molecule has 0 radical (unpaired) electrons. The number of carbonyl (C=O) groups excluding carboxylic acids is 1. The van der Waals surface area contributed by atoms with Crippen LogP contribution in [0.15, 0.2) is 66.9 Å². The summed E-state index contributed by atoms with van der Waals surface area (Å²) < 4.78 is 1.82. The van der Waals surface area contributed by atoms with Gasteiger partial charge in [0.15, 0.2) is 0 Å². The Bertz CT molecular complexity index is 924. The molecule has 4 rings (SSSR count). The van der Waals surface area contributed by atoms with Crippen molar-refractivity contribution < 1.29 is 9.90 Å². The maximum atomic E-state index is 13.3. The first-order valence-electron chi connectivity index (χ1n) is 9.55. The van der Waals surface area contributed by atoms with Gasteiger partial charge in [-0.3, -0.25) is 9.48 Å². The van der Waals surface area contributed by atoms with Crippen LogP contribution in [0, 0.1) is 0 Å². The molecule has 0 bridgehead atoms. The van der Waals surface area contributed by atoms with E-state index >= 15 is 0 Å². The fourth-order valence-corrected chi connectivity index (χ4v) is 3.49. The quantitative estimate of drug-likeness (QED) is 0.731. The lowest BCUT2D eigenvalue weighted by Crippen LogP contribution is -2.37. The van der Waals surface area contributed by atoms with E-state index in [1.165, 1.54) is 0 Å². The number of nitrogens with zero attached hydrogens (tertiary/aromatic N) is 3. The highest BCUT2D eigenvalue weighted by Gasteiger charge is 2.26. The fourth-order valence-electron chi connectivity index (χ4n) is 3.49. The third kappa shape index (κ3) is 4.13. The third-order valence-corrected chi connectivity index (χ3v) is 4.88. The molecule has 1 aromatic heterocycles. The summed E-state index contributed by atoms with van der Waals surface area (Å²) in [5.74, 6) is -0.0964. The number of carbonyl (C=O) groups is 1. The Hall–Kier alpha value is -2.96. The van der Waals surface area contributed by atoms with Crippen LogP contribution in [0.2, 0.25) is 0 Å². The molecule has 1 aliphatic heterocycles. The summed E-state index contributed by atoms with van der Waals surface area (Å²) in [5, 5.41) is 17.9.